The average molecular weight is 434 g/mol. The van der Waals surface area contributed by atoms with Crippen molar-refractivity contribution in [1.82, 2.24) is 5.06 Å². The lowest BCUT2D eigenvalue weighted by Gasteiger charge is -2.35. The van der Waals surface area contributed by atoms with Gasteiger partial charge in [0, 0.05) is 10.0 Å². The minimum atomic E-state index is -0.0953. The predicted molar refractivity (Wildman–Crippen MR) is 116 cm³/mol. The fraction of sp³-hybridized carbons (Fsp3) is 0.200. The lowest BCUT2D eigenvalue weighted by molar-refractivity contribution is -0.666. The first-order chi connectivity index (χ1) is 13.6. The molecule has 2 atom stereocenters. The Morgan fingerprint density at radius 1 is 1.04 bits per heavy atom. The van der Waals surface area contributed by atoms with Crippen LogP contribution in [-0.4, -0.2) is 27.2 Å². The normalized spacial score (nSPS) is 23.0. The van der Waals surface area contributed by atoms with E-state index in [0.29, 0.717) is 15.5 Å². The van der Waals surface area contributed by atoms with E-state index in [1.54, 1.807) is 11.9 Å². The number of benzene rings is 2. The Labute approximate surface area is 178 Å². The van der Waals surface area contributed by atoms with Gasteiger partial charge in [-0.15, -0.1) is 10.2 Å². The molecule has 4 rings (SSSR count). The van der Waals surface area contributed by atoms with Crippen molar-refractivity contribution in [3.8, 4) is 0 Å². The van der Waals surface area contributed by atoms with Crippen LogP contribution in [0.2, 0.25) is 10.0 Å². The summed E-state index contributed by atoms with van der Waals surface area (Å²) in [6, 6.07) is 15.6. The Morgan fingerprint density at radius 2 is 1.68 bits per heavy atom. The Balaban J connectivity index is 1.47. The van der Waals surface area contributed by atoms with Gasteiger partial charge in [-0.3, -0.25) is 4.84 Å². The quantitative estimate of drug-likeness (QED) is 0.438. The molecule has 2 aliphatic heterocycles. The zero-order valence-corrected chi connectivity index (χ0v) is 17.5. The maximum Gasteiger partial charge on any atom is 0.249 e. The number of nitrogens with zero attached hydrogens (tertiary/aromatic N) is 4. The van der Waals surface area contributed by atoms with Crippen LogP contribution in [0.1, 0.15) is 18.1 Å². The molecule has 5 nitrogen and oxygen atoms in total. The number of hydrogen-bond acceptors (Lipinski definition) is 5. The maximum absolute atomic E-state index is 6.08. The molecular weight excluding hydrogens is 415 g/mol. The molecule has 144 valence electrons. The molecule has 2 heterocycles. The lowest BCUT2D eigenvalue weighted by atomic mass is 10.2. The molecule has 0 bridgehead atoms. The van der Waals surface area contributed by atoms with Crippen molar-refractivity contribution >= 4 is 47.2 Å². The molecule has 0 N–H and O–H groups in total. The molecule has 2 aliphatic rings. The molecule has 0 spiro atoms. The maximum atomic E-state index is 6.08. The van der Waals surface area contributed by atoms with E-state index in [1.165, 1.54) is 5.56 Å². The standard InChI is InChI=1S/C20H19Cl2N4OS/c1-15-20-25(27-12-16-2-6-18(21)7-3-16)10-11-26(20,14-23-24-15)28-13-17-4-8-19(22)9-5-17/h2-11,14,20H,12-13H2,1H3/q+1. The second kappa shape index (κ2) is 8.27. The van der Waals surface area contributed by atoms with E-state index in [9.17, 15) is 0 Å². The topological polar surface area (TPSA) is 37.2 Å². The molecule has 2 aromatic rings. The molecule has 0 fully saturated rings. The van der Waals surface area contributed by atoms with E-state index in [0.717, 1.165) is 22.1 Å². The molecule has 0 saturated heterocycles. The highest BCUT2D eigenvalue weighted by atomic mass is 35.5. The smallest absolute Gasteiger partial charge is 0.249 e. The Kier molecular flexibility index (Phi) is 5.75. The molecule has 2 unspecified atom stereocenters. The van der Waals surface area contributed by atoms with E-state index in [2.05, 4.69) is 16.4 Å². The summed E-state index contributed by atoms with van der Waals surface area (Å²) in [5.74, 6) is 0.808. The van der Waals surface area contributed by atoms with Gasteiger partial charge in [-0.25, -0.2) is 0 Å². The highest BCUT2D eigenvalue weighted by molar-refractivity contribution is 7.93. The summed E-state index contributed by atoms with van der Waals surface area (Å²) in [5.41, 5.74) is 3.14. The number of hydroxylamine groups is 2. The number of fused-ring (bicyclic) bond motifs is 1. The SMILES string of the molecule is CC1=NN=C[N+]2(SCc3ccc(Cl)cc3)C=CN(OCc3ccc(Cl)cc3)C12. The first-order valence-corrected chi connectivity index (χ1v) is 10.5. The molecule has 0 radical (unpaired) electrons. The number of rotatable bonds is 6. The second-order valence-corrected chi connectivity index (χ2v) is 8.62. The zero-order chi connectivity index (χ0) is 19.6. The van der Waals surface area contributed by atoms with Crippen molar-refractivity contribution in [1.29, 1.82) is 0 Å². The highest BCUT2D eigenvalue weighted by Crippen LogP contribution is 2.38. The van der Waals surface area contributed by atoms with Gasteiger partial charge in [-0.2, -0.15) is 8.95 Å². The lowest BCUT2D eigenvalue weighted by Crippen LogP contribution is -2.53. The van der Waals surface area contributed by atoms with Crippen LogP contribution >= 0.6 is 35.1 Å². The van der Waals surface area contributed by atoms with Crippen LogP contribution < -0.4 is 0 Å². The largest absolute Gasteiger partial charge is 0.263 e. The molecule has 8 heteroatoms. The van der Waals surface area contributed by atoms with Gasteiger partial charge in [0.05, 0.1) is 23.9 Å². The second-order valence-electron chi connectivity index (χ2n) is 6.57. The van der Waals surface area contributed by atoms with Crippen molar-refractivity contribution in [3.63, 3.8) is 0 Å². The minimum Gasteiger partial charge on any atom is -0.263 e. The van der Waals surface area contributed by atoms with Gasteiger partial charge in [0.2, 0.25) is 12.5 Å². The van der Waals surface area contributed by atoms with Crippen LogP contribution in [0.4, 0.5) is 0 Å². The van der Waals surface area contributed by atoms with Crippen LogP contribution in [0.3, 0.4) is 0 Å². The van der Waals surface area contributed by atoms with Crippen molar-refractivity contribution in [2.45, 2.75) is 25.4 Å². The summed E-state index contributed by atoms with van der Waals surface area (Å²) in [5, 5.41) is 11.8. The van der Waals surface area contributed by atoms with Gasteiger partial charge >= 0.3 is 0 Å². The van der Waals surface area contributed by atoms with Crippen LogP contribution in [0.5, 0.6) is 0 Å². The van der Waals surface area contributed by atoms with Gasteiger partial charge in [0.25, 0.3) is 0 Å². The summed E-state index contributed by atoms with van der Waals surface area (Å²) in [6.45, 7) is 2.42. The molecule has 2 aromatic carbocycles. The highest BCUT2D eigenvalue weighted by Gasteiger charge is 2.49. The summed E-state index contributed by atoms with van der Waals surface area (Å²) in [7, 11) is 0. The molecule has 0 aromatic heterocycles. The van der Waals surface area contributed by atoms with E-state index in [1.807, 2.05) is 73.1 Å². The van der Waals surface area contributed by atoms with Crippen molar-refractivity contribution in [2.75, 3.05) is 0 Å². The Morgan fingerprint density at radius 3 is 2.36 bits per heavy atom. The zero-order valence-electron chi connectivity index (χ0n) is 15.2. The molecule has 0 aliphatic carbocycles. The third kappa shape index (κ3) is 4.11. The van der Waals surface area contributed by atoms with Crippen LogP contribution in [0.25, 0.3) is 0 Å². The molecule has 0 amide bonds. The van der Waals surface area contributed by atoms with Gasteiger partial charge < -0.3 is 0 Å². The van der Waals surface area contributed by atoms with E-state index >= 15 is 0 Å². The summed E-state index contributed by atoms with van der Waals surface area (Å²) >= 11 is 13.7. The summed E-state index contributed by atoms with van der Waals surface area (Å²) in [6.07, 6.45) is 5.78. The third-order valence-corrected chi connectivity index (χ3v) is 6.38. The summed E-state index contributed by atoms with van der Waals surface area (Å²) in [4.78, 5) is 6.08. The van der Waals surface area contributed by atoms with E-state index in [4.69, 9.17) is 28.0 Å². The third-order valence-electron chi connectivity index (χ3n) is 4.55. The van der Waals surface area contributed by atoms with Crippen LogP contribution in [0.15, 0.2) is 71.1 Å². The summed E-state index contributed by atoms with van der Waals surface area (Å²) < 4.78 is 0.471. The first-order valence-electron chi connectivity index (χ1n) is 8.77. The number of hydrogen-bond donors (Lipinski definition) is 0. The predicted octanol–water partition coefficient (Wildman–Crippen LogP) is 5.62. The fourth-order valence-corrected chi connectivity index (χ4v) is 4.55. The van der Waals surface area contributed by atoms with Gasteiger partial charge in [0.15, 0.2) is 0 Å². The monoisotopic (exact) mass is 433 g/mol. The van der Waals surface area contributed by atoms with E-state index < -0.39 is 0 Å². The number of halogens is 2. The van der Waals surface area contributed by atoms with E-state index in [-0.39, 0.29) is 6.17 Å². The molecular formula is C20H19Cl2N4OS+. The van der Waals surface area contributed by atoms with Crippen molar-refractivity contribution in [3.05, 3.63) is 82.1 Å². The molecule has 28 heavy (non-hydrogen) atoms. The van der Waals surface area contributed by atoms with Gasteiger partial charge in [-0.1, -0.05) is 47.5 Å². The van der Waals surface area contributed by atoms with Crippen LogP contribution in [0, 0.1) is 0 Å². The Hall–Kier alpha value is -1.83. The number of quaternary nitrogens is 1. The van der Waals surface area contributed by atoms with Gasteiger partial charge in [0.1, 0.15) is 18.5 Å². The molecule has 0 saturated carbocycles. The Bertz CT molecular complexity index is 930. The fourth-order valence-electron chi connectivity index (χ4n) is 3.10. The van der Waals surface area contributed by atoms with Crippen molar-refractivity contribution in [2.24, 2.45) is 10.2 Å². The first kappa shape index (κ1) is 19.5. The van der Waals surface area contributed by atoms with Gasteiger partial charge in [-0.05, 0) is 42.3 Å². The average Bonchev–Trinajstić information content (AvgIpc) is 3.07. The van der Waals surface area contributed by atoms with Crippen LogP contribution in [-0.2, 0) is 17.2 Å². The van der Waals surface area contributed by atoms with Crippen molar-refractivity contribution < 1.29 is 8.73 Å². The minimum absolute atomic E-state index is 0.0953.